The number of aryl methyl sites for hydroxylation is 1. The topological polar surface area (TPSA) is 55.1 Å². The third-order valence-electron chi connectivity index (χ3n) is 4.75. The molecule has 0 bridgehead atoms. The number of oxazole rings is 1. The summed E-state index contributed by atoms with van der Waals surface area (Å²) in [6.07, 6.45) is 0.563. The summed E-state index contributed by atoms with van der Waals surface area (Å²) in [4.78, 5) is 16.9. The van der Waals surface area contributed by atoms with Crippen LogP contribution in [0.5, 0.6) is 0 Å². The molecule has 0 unspecified atom stereocenters. The maximum Gasteiger partial charge on any atom is 0.220 e. The summed E-state index contributed by atoms with van der Waals surface area (Å²) in [5.41, 5.74) is 3.10. The fraction of sp³-hybridized carbons (Fsp3) is 0.120. The molecule has 1 N–H and O–H groups in total. The Kier molecular flexibility index (Phi) is 5.99. The van der Waals surface area contributed by atoms with Gasteiger partial charge in [-0.1, -0.05) is 78.9 Å². The van der Waals surface area contributed by atoms with E-state index >= 15 is 0 Å². The molecule has 4 nitrogen and oxygen atoms in total. The Morgan fingerprint density at radius 1 is 0.867 bits per heavy atom. The summed E-state index contributed by atoms with van der Waals surface area (Å²) < 4.78 is 19.7. The molecule has 4 aromatic rings. The van der Waals surface area contributed by atoms with E-state index in [9.17, 15) is 9.18 Å². The predicted octanol–water partition coefficient (Wildman–Crippen LogP) is 5.40. The Morgan fingerprint density at radius 2 is 1.50 bits per heavy atom. The second-order valence-electron chi connectivity index (χ2n) is 6.89. The SMILES string of the molecule is O=C(CCc1nc(-c2ccccc2)c(-c2ccccc2)o1)NCc1ccccc1F. The van der Waals surface area contributed by atoms with Crippen LogP contribution in [0.1, 0.15) is 17.9 Å². The lowest BCUT2D eigenvalue weighted by Gasteiger charge is -2.05. The van der Waals surface area contributed by atoms with Gasteiger partial charge >= 0.3 is 0 Å². The van der Waals surface area contributed by atoms with Crippen molar-refractivity contribution in [2.24, 2.45) is 0 Å². The van der Waals surface area contributed by atoms with Gasteiger partial charge in [0.05, 0.1) is 0 Å². The monoisotopic (exact) mass is 400 g/mol. The summed E-state index contributed by atoms with van der Waals surface area (Å²) in [6.45, 7) is 0.154. The highest BCUT2D eigenvalue weighted by Crippen LogP contribution is 2.32. The summed E-state index contributed by atoms with van der Waals surface area (Å²) in [5, 5.41) is 2.75. The number of benzene rings is 3. The van der Waals surface area contributed by atoms with Crippen molar-refractivity contribution >= 4 is 5.91 Å². The Labute approximate surface area is 174 Å². The van der Waals surface area contributed by atoms with Crippen molar-refractivity contribution < 1.29 is 13.6 Å². The van der Waals surface area contributed by atoms with Crippen LogP contribution in [-0.4, -0.2) is 10.9 Å². The van der Waals surface area contributed by atoms with E-state index in [0.717, 1.165) is 16.8 Å². The van der Waals surface area contributed by atoms with Crippen LogP contribution in [0.2, 0.25) is 0 Å². The number of rotatable bonds is 7. The molecule has 1 amide bonds. The molecule has 0 aliphatic rings. The van der Waals surface area contributed by atoms with Gasteiger partial charge in [0.25, 0.3) is 0 Å². The summed E-state index contributed by atoms with van der Waals surface area (Å²) >= 11 is 0. The molecule has 1 heterocycles. The number of carbonyl (C=O) groups excluding carboxylic acids is 1. The zero-order chi connectivity index (χ0) is 20.8. The predicted molar refractivity (Wildman–Crippen MR) is 114 cm³/mol. The van der Waals surface area contributed by atoms with Crippen molar-refractivity contribution in [1.82, 2.24) is 10.3 Å². The molecule has 0 saturated heterocycles. The highest BCUT2D eigenvalue weighted by molar-refractivity contribution is 5.77. The lowest BCUT2D eigenvalue weighted by Crippen LogP contribution is -2.23. The number of nitrogens with one attached hydrogen (secondary N) is 1. The molecule has 1 aromatic heterocycles. The molecule has 0 saturated carbocycles. The van der Waals surface area contributed by atoms with Crippen LogP contribution < -0.4 is 5.32 Å². The molecule has 0 spiro atoms. The third-order valence-corrected chi connectivity index (χ3v) is 4.75. The first kappa shape index (κ1) is 19.6. The minimum absolute atomic E-state index is 0.154. The van der Waals surface area contributed by atoms with E-state index in [1.54, 1.807) is 18.2 Å². The van der Waals surface area contributed by atoms with Gasteiger partial charge < -0.3 is 9.73 Å². The second kappa shape index (κ2) is 9.18. The number of halogens is 1. The third kappa shape index (κ3) is 4.63. The smallest absolute Gasteiger partial charge is 0.220 e. The molecule has 150 valence electrons. The van der Waals surface area contributed by atoms with Gasteiger partial charge in [-0.2, -0.15) is 0 Å². The molecule has 4 rings (SSSR count). The van der Waals surface area contributed by atoms with Crippen LogP contribution in [0.3, 0.4) is 0 Å². The molecular formula is C25H21FN2O2. The lowest BCUT2D eigenvalue weighted by molar-refractivity contribution is -0.121. The second-order valence-corrected chi connectivity index (χ2v) is 6.89. The molecule has 0 atom stereocenters. The first-order valence-corrected chi connectivity index (χ1v) is 9.81. The maximum atomic E-state index is 13.7. The standard InChI is InChI=1S/C25H21FN2O2/c26-21-14-8-7-13-20(21)17-27-22(29)15-16-23-28-24(18-9-3-1-4-10-18)25(30-23)19-11-5-2-6-12-19/h1-14H,15-17H2,(H,27,29). The fourth-order valence-electron chi connectivity index (χ4n) is 3.19. The van der Waals surface area contributed by atoms with Crippen LogP contribution in [-0.2, 0) is 17.8 Å². The van der Waals surface area contributed by atoms with Gasteiger partial charge in [-0.3, -0.25) is 4.79 Å². The van der Waals surface area contributed by atoms with Gasteiger partial charge in [-0.15, -0.1) is 0 Å². The minimum atomic E-state index is -0.328. The van der Waals surface area contributed by atoms with Gasteiger partial charge in [0.1, 0.15) is 11.5 Å². The number of amides is 1. The first-order valence-electron chi connectivity index (χ1n) is 9.81. The van der Waals surface area contributed by atoms with Gasteiger partial charge in [-0.25, -0.2) is 9.37 Å². The van der Waals surface area contributed by atoms with Gasteiger partial charge in [0.2, 0.25) is 5.91 Å². The largest absolute Gasteiger partial charge is 0.440 e. The van der Waals surface area contributed by atoms with Crippen molar-refractivity contribution in [3.63, 3.8) is 0 Å². The van der Waals surface area contributed by atoms with Gasteiger partial charge in [0, 0.05) is 36.1 Å². The molecular weight excluding hydrogens is 379 g/mol. The highest BCUT2D eigenvalue weighted by atomic mass is 19.1. The zero-order valence-electron chi connectivity index (χ0n) is 16.3. The molecule has 30 heavy (non-hydrogen) atoms. The molecule has 0 fully saturated rings. The van der Waals surface area contributed by atoms with Crippen LogP contribution in [0, 0.1) is 5.82 Å². The molecule has 3 aromatic carbocycles. The van der Waals surface area contributed by atoms with Crippen LogP contribution in [0.15, 0.2) is 89.3 Å². The van der Waals surface area contributed by atoms with E-state index in [-0.39, 0.29) is 24.7 Å². The van der Waals surface area contributed by atoms with E-state index in [1.807, 2.05) is 60.7 Å². The molecule has 5 heteroatoms. The summed E-state index contributed by atoms with van der Waals surface area (Å²) in [7, 11) is 0. The minimum Gasteiger partial charge on any atom is -0.440 e. The average molecular weight is 400 g/mol. The van der Waals surface area contributed by atoms with E-state index < -0.39 is 0 Å². The van der Waals surface area contributed by atoms with E-state index in [2.05, 4.69) is 10.3 Å². The van der Waals surface area contributed by atoms with E-state index in [4.69, 9.17) is 4.42 Å². The molecule has 0 aliphatic carbocycles. The zero-order valence-corrected chi connectivity index (χ0v) is 16.3. The number of nitrogens with zero attached hydrogens (tertiary/aromatic N) is 1. The van der Waals surface area contributed by atoms with Crippen molar-refractivity contribution in [2.75, 3.05) is 0 Å². The quantitative estimate of drug-likeness (QED) is 0.452. The average Bonchev–Trinajstić information content (AvgIpc) is 3.23. The number of hydrogen-bond acceptors (Lipinski definition) is 3. The van der Waals surface area contributed by atoms with Crippen LogP contribution >= 0.6 is 0 Å². The first-order chi connectivity index (χ1) is 14.7. The fourth-order valence-corrected chi connectivity index (χ4v) is 3.19. The Balaban J connectivity index is 1.47. The van der Waals surface area contributed by atoms with E-state index in [0.29, 0.717) is 23.6 Å². The number of carbonyl (C=O) groups is 1. The summed E-state index contributed by atoms with van der Waals surface area (Å²) in [5.74, 6) is 0.668. The molecule has 0 radical (unpaired) electrons. The van der Waals surface area contributed by atoms with E-state index in [1.165, 1.54) is 6.07 Å². The van der Waals surface area contributed by atoms with Crippen molar-refractivity contribution in [2.45, 2.75) is 19.4 Å². The van der Waals surface area contributed by atoms with Crippen molar-refractivity contribution in [3.05, 3.63) is 102 Å². The normalized spacial score (nSPS) is 10.7. The highest BCUT2D eigenvalue weighted by Gasteiger charge is 2.17. The van der Waals surface area contributed by atoms with Crippen LogP contribution in [0.25, 0.3) is 22.6 Å². The Bertz CT molecular complexity index is 1070. The Hall–Kier alpha value is -3.73. The Morgan fingerprint density at radius 3 is 2.20 bits per heavy atom. The lowest BCUT2D eigenvalue weighted by atomic mass is 10.1. The number of hydrogen-bond donors (Lipinski definition) is 1. The van der Waals surface area contributed by atoms with Gasteiger partial charge in [-0.05, 0) is 6.07 Å². The summed E-state index contributed by atoms with van der Waals surface area (Å²) in [6, 6.07) is 26.0. The van der Waals surface area contributed by atoms with Gasteiger partial charge in [0.15, 0.2) is 11.7 Å². The number of aromatic nitrogens is 1. The molecule has 0 aliphatic heterocycles. The van der Waals surface area contributed by atoms with Crippen molar-refractivity contribution in [3.8, 4) is 22.6 Å². The maximum absolute atomic E-state index is 13.7. The van der Waals surface area contributed by atoms with Crippen molar-refractivity contribution in [1.29, 1.82) is 0 Å². The van der Waals surface area contributed by atoms with Crippen LogP contribution in [0.4, 0.5) is 4.39 Å².